The van der Waals surface area contributed by atoms with Crippen LogP contribution in [0.3, 0.4) is 0 Å². The summed E-state index contributed by atoms with van der Waals surface area (Å²) < 4.78 is 27.7. The van der Waals surface area contributed by atoms with Crippen molar-refractivity contribution >= 4 is 17.7 Å². The summed E-state index contributed by atoms with van der Waals surface area (Å²) in [7, 11) is 1.64. The highest BCUT2D eigenvalue weighted by Crippen LogP contribution is 2.28. The van der Waals surface area contributed by atoms with Crippen LogP contribution in [0, 0.1) is 11.6 Å². The van der Waals surface area contributed by atoms with E-state index in [-0.39, 0.29) is 18.0 Å². The van der Waals surface area contributed by atoms with Crippen LogP contribution in [-0.2, 0) is 4.79 Å². The molecule has 3 nitrogen and oxygen atoms in total. The van der Waals surface area contributed by atoms with Crippen LogP contribution in [0.4, 0.5) is 8.78 Å². The summed E-state index contributed by atoms with van der Waals surface area (Å²) in [4.78, 5) is 12.9. The summed E-state index contributed by atoms with van der Waals surface area (Å²) in [6, 6.07) is 9.89. The molecule has 122 valence electrons. The number of rotatable bonds is 6. The van der Waals surface area contributed by atoms with Crippen molar-refractivity contribution < 1.29 is 13.6 Å². The number of carbonyl (C=O) groups is 1. The van der Waals surface area contributed by atoms with Crippen molar-refractivity contribution in [2.75, 3.05) is 19.8 Å². The Bertz CT molecular complexity index is 694. The molecule has 0 aliphatic carbocycles. The fourth-order valence-electron chi connectivity index (χ4n) is 2.27. The first-order valence-corrected chi connectivity index (χ1v) is 8.30. The smallest absolute Gasteiger partial charge is 0.234 e. The van der Waals surface area contributed by atoms with Gasteiger partial charge in [-0.05, 0) is 49.2 Å². The number of amides is 1. The maximum Gasteiger partial charge on any atom is 0.234 e. The monoisotopic (exact) mass is 336 g/mol. The molecule has 0 aliphatic rings. The summed E-state index contributed by atoms with van der Waals surface area (Å²) >= 11 is 1.54. The fourth-order valence-corrected chi connectivity index (χ4v) is 2.74. The van der Waals surface area contributed by atoms with E-state index in [1.165, 1.54) is 11.8 Å². The summed E-state index contributed by atoms with van der Waals surface area (Å²) in [5.74, 6) is -1.40. The number of carbonyl (C=O) groups excluding carboxylic acids is 1. The Morgan fingerprint density at radius 2 is 2.00 bits per heavy atom. The van der Waals surface area contributed by atoms with E-state index in [0.29, 0.717) is 5.56 Å². The van der Waals surface area contributed by atoms with Crippen LogP contribution in [0.2, 0.25) is 0 Å². The summed E-state index contributed by atoms with van der Waals surface area (Å²) in [6.07, 6.45) is 1.93. The number of benzene rings is 2. The van der Waals surface area contributed by atoms with E-state index < -0.39 is 17.7 Å². The van der Waals surface area contributed by atoms with Crippen LogP contribution < -0.4 is 10.6 Å². The quantitative estimate of drug-likeness (QED) is 0.797. The van der Waals surface area contributed by atoms with Crippen molar-refractivity contribution in [3.63, 3.8) is 0 Å². The molecule has 0 aliphatic heterocycles. The lowest BCUT2D eigenvalue weighted by molar-refractivity contribution is -0.120. The predicted molar refractivity (Wildman–Crippen MR) is 88.5 cm³/mol. The summed E-state index contributed by atoms with van der Waals surface area (Å²) in [5, 5.41) is 5.49. The first kappa shape index (κ1) is 17.4. The van der Waals surface area contributed by atoms with E-state index in [1.54, 1.807) is 13.1 Å². The Hall–Kier alpha value is -1.92. The Labute approximate surface area is 138 Å². The molecule has 6 heteroatoms. The second-order valence-electron chi connectivity index (χ2n) is 4.97. The molecule has 0 saturated heterocycles. The standard InChI is InChI=1S/C17H18F2N2OS/c1-20-10-16(22)21-17(11-4-3-5-13(8-11)23-2)14-9-12(18)6-7-15(14)19/h3-9,17,20H,10H2,1-2H3,(H,21,22)/t17-/m0/s1. The molecule has 0 saturated carbocycles. The number of nitrogens with one attached hydrogen (secondary N) is 2. The van der Waals surface area contributed by atoms with Crippen LogP contribution in [0.15, 0.2) is 47.4 Å². The van der Waals surface area contributed by atoms with Gasteiger partial charge in [-0.25, -0.2) is 8.78 Å². The van der Waals surface area contributed by atoms with E-state index in [4.69, 9.17) is 0 Å². The van der Waals surface area contributed by atoms with Crippen LogP contribution in [0.5, 0.6) is 0 Å². The van der Waals surface area contributed by atoms with Crippen LogP contribution >= 0.6 is 11.8 Å². The van der Waals surface area contributed by atoms with Gasteiger partial charge in [0.2, 0.25) is 5.91 Å². The topological polar surface area (TPSA) is 41.1 Å². The van der Waals surface area contributed by atoms with E-state index in [2.05, 4.69) is 10.6 Å². The third-order valence-corrected chi connectivity index (χ3v) is 4.06. The van der Waals surface area contributed by atoms with E-state index in [1.807, 2.05) is 24.5 Å². The van der Waals surface area contributed by atoms with Crippen LogP contribution in [0.25, 0.3) is 0 Å². The van der Waals surface area contributed by atoms with Crippen molar-refractivity contribution in [3.05, 3.63) is 65.2 Å². The van der Waals surface area contributed by atoms with Crippen molar-refractivity contribution in [1.82, 2.24) is 10.6 Å². The van der Waals surface area contributed by atoms with Crippen molar-refractivity contribution in [2.45, 2.75) is 10.9 Å². The maximum atomic E-state index is 14.2. The van der Waals surface area contributed by atoms with Crippen molar-refractivity contribution in [1.29, 1.82) is 0 Å². The Morgan fingerprint density at radius 1 is 1.22 bits per heavy atom. The molecule has 0 radical (unpaired) electrons. The lowest BCUT2D eigenvalue weighted by atomic mass is 9.98. The Morgan fingerprint density at radius 3 is 2.70 bits per heavy atom. The average molecular weight is 336 g/mol. The predicted octanol–water partition coefficient (Wildman–Crippen LogP) is 3.11. The van der Waals surface area contributed by atoms with E-state index in [9.17, 15) is 13.6 Å². The molecule has 2 N–H and O–H groups in total. The van der Waals surface area contributed by atoms with Gasteiger partial charge in [-0.2, -0.15) is 0 Å². The van der Waals surface area contributed by atoms with Crippen molar-refractivity contribution in [3.8, 4) is 0 Å². The highest BCUT2D eigenvalue weighted by atomic mass is 32.2. The molecule has 2 aromatic rings. The third-order valence-electron chi connectivity index (χ3n) is 3.34. The highest BCUT2D eigenvalue weighted by Gasteiger charge is 2.21. The zero-order chi connectivity index (χ0) is 16.8. The normalized spacial score (nSPS) is 12.0. The number of hydrogen-bond acceptors (Lipinski definition) is 3. The van der Waals surface area contributed by atoms with E-state index >= 15 is 0 Å². The van der Waals surface area contributed by atoms with Crippen LogP contribution in [0.1, 0.15) is 17.2 Å². The zero-order valence-electron chi connectivity index (χ0n) is 12.9. The molecule has 0 spiro atoms. The Kier molecular flexibility index (Phi) is 6.12. The maximum absolute atomic E-state index is 14.2. The first-order chi connectivity index (χ1) is 11.0. The molecule has 0 heterocycles. The van der Waals surface area contributed by atoms with Gasteiger partial charge in [0, 0.05) is 10.5 Å². The molecular weight excluding hydrogens is 318 g/mol. The minimum atomic E-state index is -0.751. The molecule has 0 bridgehead atoms. The van der Waals surface area contributed by atoms with Crippen LogP contribution in [-0.4, -0.2) is 25.8 Å². The minimum Gasteiger partial charge on any atom is -0.344 e. The molecule has 2 aromatic carbocycles. The zero-order valence-corrected chi connectivity index (χ0v) is 13.7. The van der Waals surface area contributed by atoms with Gasteiger partial charge < -0.3 is 10.6 Å². The minimum absolute atomic E-state index is 0.0929. The molecule has 0 unspecified atom stereocenters. The molecule has 23 heavy (non-hydrogen) atoms. The molecule has 1 atom stereocenters. The van der Waals surface area contributed by atoms with E-state index in [0.717, 1.165) is 23.1 Å². The second-order valence-corrected chi connectivity index (χ2v) is 5.85. The third kappa shape index (κ3) is 4.53. The van der Waals surface area contributed by atoms with Gasteiger partial charge in [-0.3, -0.25) is 4.79 Å². The Balaban J connectivity index is 2.46. The molecule has 1 amide bonds. The van der Waals surface area contributed by atoms with Gasteiger partial charge in [0.25, 0.3) is 0 Å². The lowest BCUT2D eigenvalue weighted by Crippen LogP contribution is -2.36. The molecule has 0 aromatic heterocycles. The SMILES string of the molecule is CNCC(=O)N[C@@H](c1cccc(SC)c1)c1cc(F)ccc1F. The molecule has 0 fully saturated rings. The summed E-state index contributed by atoms with van der Waals surface area (Å²) in [5.41, 5.74) is 0.804. The van der Waals surface area contributed by atoms with Gasteiger partial charge in [0.15, 0.2) is 0 Å². The summed E-state index contributed by atoms with van der Waals surface area (Å²) in [6.45, 7) is 0.0929. The van der Waals surface area contributed by atoms with Gasteiger partial charge >= 0.3 is 0 Å². The lowest BCUT2D eigenvalue weighted by Gasteiger charge is -2.21. The van der Waals surface area contributed by atoms with Gasteiger partial charge in [0.1, 0.15) is 11.6 Å². The molecule has 2 rings (SSSR count). The number of likely N-dealkylation sites (N-methyl/N-ethyl adjacent to an activating group) is 1. The number of thioether (sulfide) groups is 1. The fraction of sp³-hybridized carbons (Fsp3) is 0.235. The number of hydrogen-bond donors (Lipinski definition) is 2. The second kappa shape index (κ2) is 8.08. The number of halogens is 2. The van der Waals surface area contributed by atoms with Gasteiger partial charge in [-0.15, -0.1) is 11.8 Å². The van der Waals surface area contributed by atoms with Gasteiger partial charge in [0.05, 0.1) is 12.6 Å². The largest absolute Gasteiger partial charge is 0.344 e. The van der Waals surface area contributed by atoms with Gasteiger partial charge in [-0.1, -0.05) is 12.1 Å². The average Bonchev–Trinajstić information content (AvgIpc) is 2.55. The first-order valence-electron chi connectivity index (χ1n) is 7.08. The van der Waals surface area contributed by atoms with Crippen molar-refractivity contribution in [2.24, 2.45) is 0 Å². The molecular formula is C17H18F2N2OS. The highest BCUT2D eigenvalue weighted by molar-refractivity contribution is 7.98.